The average molecular weight is 1110 g/mol. The Morgan fingerprint density at radius 2 is 0.667 bits per heavy atom. The number of hydrogen-bond donors (Lipinski definition) is 2. The maximum atomic E-state index is 12.9. The van der Waals surface area contributed by atoms with Gasteiger partial charge in [0.25, 0.3) is 0 Å². The highest BCUT2D eigenvalue weighted by Gasteiger charge is 2.28. The lowest BCUT2D eigenvalue weighted by molar-refractivity contribution is -0.161. The number of carbonyl (C=O) groups excluding carboxylic acids is 3. The summed E-state index contributed by atoms with van der Waals surface area (Å²) in [6, 6.07) is 0. The van der Waals surface area contributed by atoms with E-state index in [2.05, 4.69) is 142 Å². The number of carbonyl (C=O) groups is 3. The van der Waals surface area contributed by atoms with Gasteiger partial charge in [0.1, 0.15) is 12.7 Å². The van der Waals surface area contributed by atoms with Crippen molar-refractivity contribution < 1.29 is 52.2 Å². The minimum atomic E-state index is -4.78. The highest BCUT2D eigenvalue weighted by molar-refractivity contribution is 7.47. The summed E-state index contributed by atoms with van der Waals surface area (Å²) < 4.78 is 39.6. The molecule has 0 aromatic rings. The predicted octanol–water partition coefficient (Wildman–Crippen LogP) is 18.4. The van der Waals surface area contributed by atoms with E-state index in [-0.39, 0.29) is 25.9 Å². The molecule has 3 atom stereocenters. The van der Waals surface area contributed by atoms with E-state index in [4.69, 9.17) is 23.3 Å². The molecule has 0 heterocycles. The second kappa shape index (κ2) is 59.0. The van der Waals surface area contributed by atoms with Gasteiger partial charge in [0.05, 0.1) is 19.8 Å². The fourth-order valence-electron chi connectivity index (χ4n) is 7.78. The Labute approximate surface area is 475 Å². The Balaban J connectivity index is 4.82. The lowest BCUT2D eigenvalue weighted by atomic mass is 10.1. The molecule has 0 amide bonds. The topological polar surface area (TPSA) is 155 Å². The molecule has 0 saturated heterocycles. The van der Waals surface area contributed by atoms with Crippen molar-refractivity contribution in [2.45, 2.75) is 251 Å². The molecule has 0 aromatic carbocycles. The van der Waals surface area contributed by atoms with Crippen LogP contribution in [0.1, 0.15) is 239 Å². The van der Waals surface area contributed by atoms with Crippen LogP contribution < -0.4 is 0 Å². The summed E-state index contributed by atoms with van der Waals surface area (Å²) >= 11 is 0. The van der Waals surface area contributed by atoms with Gasteiger partial charge < -0.3 is 24.2 Å². The molecule has 0 fully saturated rings. The molecule has 0 bridgehead atoms. The summed E-state index contributed by atoms with van der Waals surface area (Å²) in [5, 5.41) is 9.83. The van der Waals surface area contributed by atoms with Crippen LogP contribution >= 0.6 is 7.82 Å². The summed E-state index contributed by atoms with van der Waals surface area (Å²) in [5.74, 6) is -1.54. The monoisotopic (exact) mass is 1110 g/mol. The predicted molar refractivity (Wildman–Crippen MR) is 325 cm³/mol. The van der Waals surface area contributed by atoms with Crippen LogP contribution in [0.25, 0.3) is 0 Å². The molecule has 2 N–H and O–H groups in total. The zero-order valence-corrected chi connectivity index (χ0v) is 50.0. The van der Waals surface area contributed by atoms with Gasteiger partial charge in [-0.1, -0.05) is 213 Å². The number of ether oxygens (including phenoxy) is 3. The standard InChI is InChI=1S/C66H109O11P/c1-4-7-10-13-16-19-22-25-28-30-31-33-36-39-42-45-48-51-54-57-66(70)77-63(59-73-64(68)55-52-49-46-43-40-37-35-32-29-26-23-20-17-14-11-8-5-2)61-75-78(71,72)74-60-62(58-67)76-65(69)56-53-50-47-44-41-38-34-27-24-21-18-15-12-9-6-3/h7,9-10,12,16-21,25-29,31,33-34,39,42,62-63,67H,4-6,8,11,13-15,22-24,30,32,35-38,40-41,43-61H2,1-3H3,(H,71,72)/b10-7-,12-9-,19-16-,20-17-,21-18-,28-25-,29-26-,33-31-,34-27-,42-39-. The zero-order valence-electron chi connectivity index (χ0n) is 49.1. The Morgan fingerprint density at radius 3 is 1.04 bits per heavy atom. The van der Waals surface area contributed by atoms with E-state index in [0.717, 1.165) is 141 Å². The molecule has 0 aliphatic heterocycles. The Hall–Kier alpha value is -4.12. The van der Waals surface area contributed by atoms with Crippen molar-refractivity contribution >= 4 is 25.7 Å². The maximum Gasteiger partial charge on any atom is 0.472 e. The molecule has 0 rings (SSSR count). The van der Waals surface area contributed by atoms with Gasteiger partial charge in [-0.3, -0.25) is 23.4 Å². The molecule has 0 radical (unpaired) electrons. The summed E-state index contributed by atoms with van der Waals surface area (Å²) in [6.07, 6.45) is 72.9. The Bertz CT molecular complexity index is 1770. The van der Waals surface area contributed by atoms with Crippen molar-refractivity contribution in [2.24, 2.45) is 0 Å². The van der Waals surface area contributed by atoms with Crippen LogP contribution in [0.4, 0.5) is 0 Å². The normalized spacial score (nSPS) is 14.2. The molecule has 0 spiro atoms. The largest absolute Gasteiger partial charge is 0.472 e. The van der Waals surface area contributed by atoms with Crippen molar-refractivity contribution in [1.29, 1.82) is 0 Å². The quantitative estimate of drug-likeness (QED) is 0.0197. The van der Waals surface area contributed by atoms with Gasteiger partial charge in [-0.15, -0.1) is 0 Å². The minimum absolute atomic E-state index is 0.119. The van der Waals surface area contributed by atoms with Crippen molar-refractivity contribution in [3.8, 4) is 0 Å². The summed E-state index contributed by atoms with van der Waals surface area (Å²) in [4.78, 5) is 48.7. The molecular formula is C66H109O11P. The van der Waals surface area contributed by atoms with Gasteiger partial charge in [-0.25, -0.2) is 4.57 Å². The summed E-state index contributed by atoms with van der Waals surface area (Å²) in [5.41, 5.74) is 0. The number of phosphoric acid groups is 1. The Kier molecular flexibility index (Phi) is 55.9. The third-order valence-corrected chi connectivity index (χ3v) is 13.3. The number of allylic oxidation sites excluding steroid dienone is 20. The smallest absolute Gasteiger partial charge is 0.462 e. The van der Waals surface area contributed by atoms with Crippen LogP contribution in [0.5, 0.6) is 0 Å². The zero-order chi connectivity index (χ0) is 56.9. The summed E-state index contributed by atoms with van der Waals surface area (Å²) in [7, 11) is -4.78. The van der Waals surface area contributed by atoms with Crippen LogP contribution in [-0.4, -0.2) is 66.5 Å². The highest BCUT2D eigenvalue weighted by atomic mass is 31.2. The van der Waals surface area contributed by atoms with Crippen LogP contribution in [0.15, 0.2) is 122 Å². The molecule has 0 aromatic heterocycles. The lowest BCUT2D eigenvalue weighted by Crippen LogP contribution is -2.30. The van der Waals surface area contributed by atoms with Gasteiger partial charge in [0.2, 0.25) is 0 Å². The van der Waals surface area contributed by atoms with Crippen molar-refractivity contribution in [3.63, 3.8) is 0 Å². The first kappa shape index (κ1) is 73.9. The fraction of sp³-hybridized carbons (Fsp3) is 0.652. The van der Waals surface area contributed by atoms with Crippen molar-refractivity contribution in [3.05, 3.63) is 122 Å². The van der Waals surface area contributed by atoms with Gasteiger partial charge in [0, 0.05) is 19.3 Å². The third kappa shape index (κ3) is 56.6. The molecule has 0 aliphatic rings. The van der Waals surface area contributed by atoms with E-state index in [1.165, 1.54) is 38.5 Å². The van der Waals surface area contributed by atoms with Crippen LogP contribution in [0.2, 0.25) is 0 Å². The highest BCUT2D eigenvalue weighted by Crippen LogP contribution is 2.43. The van der Waals surface area contributed by atoms with E-state index < -0.39 is 57.8 Å². The third-order valence-electron chi connectivity index (χ3n) is 12.3. The van der Waals surface area contributed by atoms with Gasteiger partial charge in [-0.2, -0.15) is 0 Å². The van der Waals surface area contributed by atoms with Crippen molar-refractivity contribution in [1.82, 2.24) is 0 Å². The number of aliphatic hydroxyl groups excluding tert-OH is 1. The molecule has 0 saturated carbocycles. The maximum absolute atomic E-state index is 12.9. The summed E-state index contributed by atoms with van der Waals surface area (Å²) in [6.45, 7) is 4.33. The van der Waals surface area contributed by atoms with Crippen molar-refractivity contribution in [2.75, 3.05) is 26.4 Å². The van der Waals surface area contributed by atoms with Crippen LogP contribution in [-0.2, 0) is 42.2 Å². The second-order valence-corrected chi connectivity index (χ2v) is 21.2. The fourth-order valence-corrected chi connectivity index (χ4v) is 8.56. The molecule has 3 unspecified atom stereocenters. The van der Waals surface area contributed by atoms with E-state index in [9.17, 15) is 28.9 Å². The van der Waals surface area contributed by atoms with Crippen LogP contribution in [0.3, 0.4) is 0 Å². The van der Waals surface area contributed by atoms with Gasteiger partial charge >= 0.3 is 25.7 Å². The van der Waals surface area contributed by atoms with E-state index >= 15 is 0 Å². The second-order valence-electron chi connectivity index (χ2n) is 19.7. The van der Waals surface area contributed by atoms with Crippen LogP contribution in [0, 0.1) is 0 Å². The van der Waals surface area contributed by atoms with E-state index in [0.29, 0.717) is 19.3 Å². The Morgan fingerprint density at radius 1 is 0.372 bits per heavy atom. The van der Waals surface area contributed by atoms with E-state index in [1.807, 2.05) is 0 Å². The number of aliphatic hydroxyl groups is 1. The number of hydrogen-bond acceptors (Lipinski definition) is 10. The number of rotatable bonds is 55. The first-order chi connectivity index (χ1) is 38.2. The number of unbranched alkanes of at least 4 members (excludes halogenated alkanes) is 18. The SMILES string of the molecule is CC/C=C\C/C=C\C/C=C\C/C=C\C/C=C\CCCCCC(=O)OC(COC(=O)CCCCCCCCC/C=C\C/C=C\CCCCC)COP(=O)(O)OCC(CO)OC(=O)CCCCCCC/C=C\C/C=C\C/C=C\CC. The average Bonchev–Trinajstić information content (AvgIpc) is 3.43. The van der Waals surface area contributed by atoms with Gasteiger partial charge in [0.15, 0.2) is 6.10 Å². The molecule has 0 aliphatic carbocycles. The van der Waals surface area contributed by atoms with Gasteiger partial charge in [-0.05, 0) is 128 Å². The molecule has 11 nitrogen and oxygen atoms in total. The number of esters is 3. The molecular weight excluding hydrogens is 1000 g/mol. The number of phosphoric ester groups is 1. The molecule has 78 heavy (non-hydrogen) atoms. The molecule has 444 valence electrons. The lowest BCUT2D eigenvalue weighted by Gasteiger charge is -2.21. The molecule has 12 heteroatoms. The minimum Gasteiger partial charge on any atom is -0.462 e. The van der Waals surface area contributed by atoms with E-state index in [1.54, 1.807) is 0 Å². The first-order valence-corrected chi connectivity index (χ1v) is 31.9. The first-order valence-electron chi connectivity index (χ1n) is 30.4.